The second kappa shape index (κ2) is 5.01. The first-order valence-corrected chi connectivity index (χ1v) is 3.55. The molecule has 1 aliphatic carbocycles. The summed E-state index contributed by atoms with van der Waals surface area (Å²) in [7, 11) is 0. The van der Waals surface area contributed by atoms with Crippen molar-refractivity contribution in [2.75, 3.05) is 0 Å². The molecule has 0 saturated heterocycles. The van der Waals surface area contributed by atoms with Crippen LogP contribution >= 0.6 is 0 Å². The van der Waals surface area contributed by atoms with E-state index in [0.717, 1.165) is 0 Å². The van der Waals surface area contributed by atoms with Crippen LogP contribution in [0.25, 0.3) is 0 Å². The van der Waals surface area contributed by atoms with Crippen molar-refractivity contribution in [2.45, 2.75) is 36.6 Å². The number of rotatable bonds is 0. The molecule has 1 saturated carbocycles. The van der Waals surface area contributed by atoms with Gasteiger partial charge in [-0.3, -0.25) is 0 Å². The van der Waals surface area contributed by atoms with Crippen LogP contribution in [0, 0.1) is 0 Å². The van der Waals surface area contributed by atoms with E-state index in [2.05, 4.69) is 0 Å². The minimum Gasteiger partial charge on any atom is -0.387 e. The standard InChI is InChI=1S/C6H12O6.Na/c7-1-2(8)4(10)6(12)5(11)3(1)9;/h1-12H;/q;+1. The minimum atomic E-state index is -1.64. The van der Waals surface area contributed by atoms with Gasteiger partial charge in [-0.15, -0.1) is 0 Å². The minimum absolute atomic E-state index is 0. The fourth-order valence-corrected chi connectivity index (χ4v) is 1.21. The summed E-state index contributed by atoms with van der Waals surface area (Å²) >= 11 is 0. The molecule has 0 spiro atoms. The summed E-state index contributed by atoms with van der Waals surface area (Å²) in [5.74, 6) is 0. The molecular formula is C6H12NaO6+. The van der Waals surface area contributed by atoms with Crippen molar-refractivity contribution in [1.82, 2.24) is 0 Å². The molecule has 0 radical (unpaired) electrons. The molecule has 0 aliphatic heterocycles. The van der Waals surface area contributed by atoms with Crippen LogP contribution in [0.5, 0.6) is 0 Å². The molecule has 72 valence electrons. The fourth-order valence-electron chi connectivity index (χ4n) is 1.21. The van der Waals surface area contributed by atoms with Gasteiger partial charge in [0.25, 0.3) is 0 Å². The van der Waals surface area contributed by atoms with Gasteiger partial charge in [0.05, 0.1) is 0 Å². The van der Waals surface area contributed by atoms with Crippen molar-refractivity contribution in [1.29, 1.82) is 0 Å². The largest absolute Gasteiger partial charge is 1.00 e. The van der Waals surface area contributed by atoms with Crippen molar-refractivity contribution >= 4 is 0 Å². The topological polar surface area (TPSA) is 121 Å². The van der Waals surface area contributed by atoms with E-state index >= 15 is 0 Å². The third-order valence-corrected chi connectivity index (χ3v) is 2.10. The van der Waals surface area contributed by atoms with Crippen LogP contribution in [0.4, 0.5) is 0 Å². The van der Waals surface area contributed by atoms with E-state index in [9.17, 15) is 0 Å². The third-order valence-electron chi connectivity index (χ3n) is 2.10. The van der Waals surface area contributed by atoms with E-state index in [4.69, 9.17) is 30.6 Å². The molecule has 1 rings (SSSR count). The van der Waals surface area contributed by atoms with E-state index in [1.165, 1.54) is 0 Å². The summed E-state index contributed by atoms with van der Waals surface area (Å²) in [4.78, 5) is 0. The molecule has 6 N–H and O–H groups in total. The Morgan fingerprint density at radius 2 is 0.462 bits per heavy atom. The summed E-state index contributed by atoms with van der Waals surface area (Å²) in [5.41, 5.74) is 0. The molecular weight excluding hydrogens is 191 g/mol. The van der Waals surface area contributed by atoms with E-state index < -0.39 is 36.6 Å². The number of aliphatic hydroxyl groups is 6. The van der Waals surface area contributed by atoms with Gasteiger partial charge in [-0.25, -0.2) is 0 Å². The maximum absolute atomic E-state index is 8.97. The molecule has 0 amide bonds. The zero-order valence-electron chi connectivity index (χ0n) is 7.15. The van der Waals surface area contributed by atoms with E-state index in [1.54, 1.807) is 0 Å². The van der Waals surface area contributed by atoms with Crippen LogP contribution in [-0.2, 0) is 0 Å². The Bertz CT molecular complexity index is 109. The molecule has 0 aromatic carbocycles. The summed E-state index contributed by atoms with van der Waals surface area (Å²) in [6.07, 6.45) is -9.84. The molecule has 6 nitrogen and oxygen atoms in total. The van der Waals surface area contributed by atoms with Gasteiger partial charge < -0.3 is 30.6 Å². The number of hydrogen-bond donors (Lipinski definition) is 6. The summed E-state index contributed by atoms with van der Waals surface area (Å²) in [6, 6.07) is 0. The van der Waals surface area contributed by atoms with Gasteiger partial charge in [0.1, 0.15) is 36.6 Å². The van der Waals surface area contributed by atoms with Gasteiger partial charge in [0, 0.05) is 0 Å². The van der Waals surface area contributed by atoms with Gasteiger partial charge in [0.2, 0.25) is 0 Å². The monoisotopic (exact) mass is 203 g/mol. The van der Waals surface area contributed by atoms with Crippen molar-refractivity contribution in [3.05, 3.63) is 0 Å². The van der Waals surface area contributed by atoms with Gasteiger partial charge in [-0.1, -0.05) is 0 Å². The predicted octanol–water partition coefficient (Wildman–Crippen LogP) is -6.83. The average molecular weight is 203 g/mol. The third kappa shape index (κ3) is 2.41. The van der Waals surface area contributed by atoms with Crippen molar-refractivity contribution < 1.29 is 60.2 Å². The van der Waals surface area contributed by atoms with Crippen LogP contribution in [0.3, 0.4) is 0 Å². The molecule has 13 heavy (non-hydrogen) atoms. The van der Waals surface area contributed by atoms with Crippen molar-refractivity contribution in [3.8, 4) is 0 Å². The Morgan fingerprint density at radius 1 is 0.385 bits per heavy atom. The van der Waals surface area contributed by atoms with E-state index in [0.29, 0.717) is 0 Å². The SMILES string of the molecule is OC1C(O)C(O)C(O)C(O)C1O.[Na+]. The van der Waals surface area contributed by atoms with Crippen LogP contribution in [0.15, 0.2) is 0 Å². The molecule has 0 unspecified atom stereocenters. The van der Waals surface area contributed by atoms with Gasteiger partial charge in [-0.2, -0.15) is 0 Å². The number of aliphatic hydroxyl groups excluding tert-OH is 6. The summed E-state index contributed by atoms with van der Waals surface area (Å²) in [5, 5.41) is 53.8. The first-order chi connectivity index (χ1) is 5.46. The van der Waals surface area contributed by atoms with Crippen molar-refractivity contribution in [2.24, 2.45) is 0 Å². The normalized spacial score (nSPS) is 51.2. The second-order valence-electron chi connectivity index (χ2n) is 2.94. The van der Waals surface area contributed by atoms with Gasteiger partial charge >= 0.3 is 29.6 Å². The Labute approximate surface area is 96.7 Å². The molecule has 1 fully saturated rings. The van der Waals surface area contributed by atoms with Crippen LogP contribution < -0.4 is 29.6 Å². The molecule has 7 heteroatoms. The van der Waals surface area contributed by atoms with E-state index in [-0.39, 0.29) is 29.6 Å². The Kier molecular flexibility index (Phi) is 5.31. The Balaban J connectivity index is 0.00000144. The smallest absolute Gasteiger partial charge is 0.387 e. The van der Waals surface area contributed by atoms with E-state index in [1.807, 2.05) is 0 Å². The van der Waals surface area contributed by atoms with Crippen LogP contribution in [0.1, 0.15) is 0 Å². The molecule has 0 aromatic heterocycles. The maximum atomic E-state index is 8.97. The molecule has 1 aliphatic rings. The van der Waals surface area contributed by atoms with Gasteiger partial charge in [-0.05, 0) is 0 Å². The Hall–Kier alpha value is 0.760. The quantitative estimate of drug-likeness (QED) is 0.218. The van der Waals surface area contributed by atoms with Crippen LogP contribution in [-0.4, -0.2) is 67.3 Å². The first-order valence-electron chi connectivity index (χ1n) is 3.55. The molecule has 0 aromatic rings. The second-order valence-corrected chi connectivity index (χ2v) is 2.94. The predicted molar refractivity (Wildman–Crippen MR) is 36.0 cm³/mol. The molecule has 0 atom stereocenters. The van der Waals surface area contributed by atoms with Crippen molar-refractivity contribution in [3.63, 3.8) is 0 Å². The summed E-state index contributed by atoms with van der Waals surface area (Å²) < 4.78 is 0. The Morgan fingerprint density at radius 3 is 0.538 bits per heavy atom. The summed E-state index contributed by atoms with van der Waals surface area (Å²) in [6.45, 7) is 0. The molecule has 0 heterocycles. The average Bonchev–Trinajstić information content (AvgIpc) is 2.08. The zero-order valence-corrected chi connectivity index (χ0v) is 9.15. The fraction of sp³-hybridized carbons (Fsp3) is 1.00. The van der Waals surface area contributed by atoms with Gasteiger partial charge in [0.15, 0.2) is 0 Å². The zero-order chi connectivity index (χ0) is 9.46. The first kappa shape index (κ1) is 13.8. The number of hydrogen-bond acceptors (Lipinski definition) is 6. The van der Waals surface area contributed by atoms with Crippen LogP contribution in [0.2, 0.25) is 0 Å². The maximum Gasteiger partial charge on any atom is 1.00 e. The molecule has 0 bridgehead atoms.